The molecule has 25 nitrogen and oxygen atoms in total. The Bertz CT molecular complexity index is 4790. The van der Waals surface area contributed by atoms with Crippen LogP contribution in [0.4, 0.5) is 24.8 Å². The Kier molecular flexibility index (Phi) is 17.5. The van der Waals surface area contributed by atoms with Gasteiger partial charge in [-0.05, 0) is 112 Å². The van der Waals surface area contributed by atoms with E-state index >= 15 is 0 Å². The minimum Gasteiger partial charge on any atom is -0.386 e. The number of halogens is 3. The molecule has 5 N–H and O–H groups in total. The van der Waals surface area contributed by atoms with Crippen LogP contribution in [0.2, 0.25) is 0 Å². The third-order valence-electron chi connectivity index (χ3n) is 18.5. The Balaban J connectivity index is 0.000000134. The number of pyridine rings is 3. The average molecular weight is 1340 g/mol. The molecule has 9 aromatic rings. The number of rotatable bonds is 11. The topological polar surface area (TPSA) is 333 Å². The van der Waals surface area contributed by atoms with Crippen molar-refractivity contribution < 1.29 is 52.0 Å². The van der Waals surface area contributed by atoms with Gasteiger partial charge in [-0.15, -0.1) is 0 Å². The van der Waals surface area contributed by atoms with Crippen molar-refractivity contribution in [3.8, 4) is 69.0 Å². The van der Waals surface area contributed by atoms with Crippen molar-refractivity contribution in [2.45, 2.75) is 89.5 Å². The monoisotopic (exact) mass is 1340 g/mol. The predicted molar refractivity (Wildman–Crippen MR) is 351 cm³/mol. The van der Waals surface area contributed by atoms with Crippen molar-refractivity contribution in [2.75, 3.05) is 50.2 Å². The smallest absolute Gasteiger partial charge is 0.255 e. The summed E-state index contributed by atoms with van der Waals surface area (Å²) in [6.45, 7) is 7.83. The van der Waals surface area contributed by atoms with E-state index in [1.54, 1.807) is 104 Å². The molecule has 2 saturated heterocycles. The normalized spacial score (nSPS) is 19.7. The molecular weight excluding hydrogens is 1280 g/mol. The fourth-order valence-electron chi connectivity index (χ4n) is 13.6. The number of ketones is 1. The lowest BCUT2D eigenvalue weighted by Crippen LogP contribution is -2.56. The fourth-order valence-corrected chi connectivity index (χ4v) is 13.6. The number of hydrogen-bond acceptors (Lipinski definition) is 19. The van der Waals surface area contributed by atoms with Gasteiger partial charge in [-0.1, -0.05) is 18.2 Å². The minimum atomic E-state index is -1.04. The number of Topliss-reactive ketones (excluding diaryl/α,β-unsaturated/α-hetero) is 1. The highest BCUT2D eigenvalue weighted by atomic mass is 19.1. The summed E-state index contributed by atoms with van der Waals surface area (Å²) in [6, 6.07) is 28.9. The number of hydrogen-bond donors (Lipinski definition) is 5. The van der Waals surface area contributed by atoms with E-state index in [2.05, 4.69) is 46.2 Å². The number of fused-ring (bicyclic) bond motifs is 3. The molecule has 3 aromatic carbocycles. The number of methoxy groups -OCH3 is 2. The molecular formula is C71H62F3N17O8. The molecule has 0 bridgehead atoms. The molecule has 0 saturated carbocycles. The van der Waals surface area contributed by atoms with Gasteiger partial charge in [-0.25, -0.2) is 42.2 Å². The number of carbonyl (C=O) groups is 4. The summed E-state index contributed by atoms with van der Waals surface area (Å²) in [5.74, 6) is -1.22. The number of ether oxygens (including phenoxy) is 2. The van der Waals surface area contributed by atoms with Gasteiger partial charge in [0.2, 0.25) is 0 Å². The minimum absolute atomic E-state index is 0.0819. The number of aliphatic hydroxyl groups is 2. The molecule has 0 unspecified atom stereocenters. The molecule has 500 valence electrons. The Morgan fingerprint density at radius 3 is 1.21 bits per heavy atom. The van der Waals surface area contributed by atoms with E-state index in [1.807, 2.05) is 28.0 Å². The number of aromatic nitrogens is 9. The van der Waals surface area contributed by atoms with Gasteiger partial charge in [-0.3, -0.25) is 19.2 Å². The maximum atomic E-state index is 14.7. The van der Waals surface area contributed by atoms with Gasteiger partial charge in [-0.2, -0.15) is 31.1 Å². The second-order valence-electron chi connectivity index (χ2n) is 24.9. The molecule has 6 aliphatic rings. The van der Waals surface area contributed by atoms with Crippen molar-refractivity contribution in [3.05, 3.63) is 189 Å². The average Bonchev–Trinajstić information content (AvgIpc) is 1.70. The molecule has 99 heavy (non-hydrogen) atoms. The summed E-state index contributed by atoms with van der Waals surface area (Å²) in [4.78, 5) is 66.9. The van der Waals surface area contributed by atoms with Crippen molar-refractivity contribution in [1.82, 2.24) is 60.2 Å². The molecule has 5 aliphatic heterocycles. The van der Waals surface area contributed by atoms with Crippen LogP contribution in [-0.4, -0.2) is 142 Å². The molecule has 1 aliphatic carbocycles. The zero-order chi connectivity index (χ0) is 69.8. The van der Waals surface area contributed by atoms with Crippen molar-refractivity contribution in [1.29, 1.82) is 15.8 Å². The largest absolute Gasteiger partial charge is 0.386 e. The van der Waals surface area contributed by atoms with E-state index < -0.39 is 28.7 Å². The Morgan fingerprint density at radius 1 is 0.515 bits per heavy atom. The highest BCUT2D eigenvalue weighted by Gasteiger charge is 2.41. The summed E-state index contributed by atoms with van der Waals surface area (Å²) < 4.78 is 59.5. The summed E-state index contributed by atoms with van der Waals surface area (Å²) in [5, 5.41) is 72.1. The second-order valence-corrected chi connectivity index (χ2v) is 24.9. The van der Waals surface area contributed by atoms with Crippen molar-refractivity contribution in [3.63, 3.8) is 0 Å². The van der Waals surface area contributed by atoms with Crippen LogP contribution in [0, 0.1) is 51.4 Å². The van der Waals surface area contributed by atoms with Crippen LogP contribution >= 0.6 is 0 Å². The second kappa shape index (κ2) is 26.4. The molecule has 0 radical (unpaired) electrons. The summed E-state index contributed by atoms with van der Waals surface area (Å²) in [7, 11) is 3.17. The first-order chi connectivity index (χ1) is 47.6. The number of nitriles is 3. The van der Waals surface area contributed by atoms with Gasteiger partial charge in [0.05, 0.1) is 170 Å². The van der Waals surface area contributed by atoms with Crippen LogP contribution in [0.1, 0.15) is 117 Å². The molecule has 0 spiro atoms. The number of β-amino-alcohol motifs (C(OH)–C–C–N with tert-alkyl or cyclic N) is 2. The van der Waals surface area contributed by atoms with Crippen LogP contribution in [0.3, 0.4) is 0 Å². The van der Waals surface area contributed by atoms with Crippen LogP contribution in [0.25, 0.3) is 56.4 Å². The van der Waals surface area contributed by atoms with E-state index in [0.29, 0.717) is 126 Å². The fraction of sp³-hybridized carbons (Fsp3) is 0.282. The molecule has 28 heteroatoms. The number of carbonyl (C=O) groups excluding carboxylic acids is 4. The summed E-state index contributed by atoms with van der Waals surface area (Å²) in [5.41, 5.74) is 5.42. The van der Waals surface area contributed by atoms with Gasteiger partial charge < -0.3 is 45.4 Å². The Hall–Kier alpha value is -11.7. The number of amides is 3. The first-order valence-electron chi connectivity index (χ1n) is 31.6. The van der Waals surface area contributed by atoms with Crippen LogP contribution < -0.4 is 25.8 Å². The standard InChI is InChI=1S/2C24H23FN6O3.C23H16FN5O2/c2*1-24(33)13-30(8-6-19(24)34-2)20-7-9-31(29-20)18-10-16(28-17-12-27-23(32)22(17)18)21-14(11-26)4-3-5-15(21)25;1-12-14(5-6-20(12)30)16-7-8-29(28-16)19-9-17(27-18-11-26-23(31)22(18)19)21-13(10-25)3-2-4-15(21)24/h2*3-5,7,9-10,19,33H,6,8,12-13H2,1-2H3,(H,27,32);2-4,7-9H,5-6,11H2,1H3,(H,26,31)/t2*19-,24+;/m10./s1. The van der Waals surface area contributed by atoms with E-state index in [4.69, 9.17) is 9.47 Å². The van der Waals surface area contributed by atoms with Gasteiger partial charge in [0.25, 0.3) is 17.7 Å². The highest BCUT2D eigenvalue weighted by Crippen LogP contribution is 2.38. The highest BCUT2D eigenvalue weighted by molar-refractivity contribution is 6.06. The van der Waals surface area contributed by atoms with E-state index in [0.717, 1.165) is 5.57 Å². The van der Waals surface area contributed by atoms with E-state index in [9.17, 15) is 58.3 Å². The van der Waals surface area contributed by atoms with Gasteiger partial charge >= 0.3 is 0 Å². The number of allylic oxidation sites excluding steroid dienone is 2. The number of nitrogens with zero attached hydrogens (tertiary/aromatic N) is 14. The zero-order valence-electron chi connectivity index (χ0n) is 54.1. The van der Waals surface area contributed by atoms with Crippen molar-refractivity contribution >= 4 is 40.7 Å². The molecule has 6 aromatic heterocycles. The van der Waals surface area contributed by atoms with Gasteiger partial charge in [0.1, 0.15) is 28.7 Å². The number of benzene rings is 3. The molecule has 3 amide bonds. The SMILES string of the molecule is CC1=C(c2ccn(-c3cc(-c4c(F)cccc4C#N)nc4c3C(=O)NC4)n2)CCC1=O.CO[C@@H]1CCN(c2ccn(-c3cc(-c4c(F)cccc4C#N)nc4c3C(=O)NC4)n2)C[C@]1(C)O.CO[C@H]1CCN(c2ccn(-c3cc(-c4c(F)cccc4C#N)nc4c3C(=O)NC4)n2)C[C@@]1(C)O. The first kappa shape index (κ1) is 65.9. The van der Waals surface area contributed by atoms with Crippen LogP contribution in [-0.2, 0) is 33.9 Å². The predicted octanol–water partition coefficient (Wildman–Crippen LogP) is 7.65. The van der Waals surface area contributed by atoms with Gasteiger partial charge in [0, 0.05) is 64.5 Å². The van der Waals surface area contributed by atoms with Crippen LogP contribution in [0.15, 0.2) is 115 Å². The number of nitrogens with one attached hydrogen (secondary N) is 3. The van der Waals surface area contributed by atoms with E-state index in [-0.39, 0.29) is 106 Å². The molecule has 4 atom stereocenters. The Labute approximate surface area is 564 Å². The zero-order valence-corrected chi connectivity index (χ0v) is 54.1. The molecule has 11 heterocycles. The lowest BCUT2D eigenvalue weighted by atomic mass is 9.91. The molecule has 2 fully saturated rings. The maximum absolute atomic E-state index is 14.7. The number of piperidine rings is 2. The maximum Gasteiger partial charge on any atom is 0.255 e. The molecule has 15 rings (SSSR count). The number of anilines is 2. The lowest BCUT2D eigenvalue weighted by molar-refractivity contribution is -0.114. The van der Waals surface area contributed by atoms with Crippen LogP contribution in [0.5, 0.6) is 0 Å². The third kappa shape index (κ3) is 12.3. The van der Waals surface area contributed by atoms with E-state index in [1.165, 1.54) is 54.6 Å². The van der Waals surface area contributed by atoms with Gasteiger partial charge in [0.15, 0.2) is 17.4 Å². The summed E-state index contributed by atoms with van der Waals surface area (Å²) >= 11 is 0. The third-order valence-corrected chi connectivity index (χ3v) is 18.5. The quantitative estimate of drug-likeness (QED) is 0.0829. The first-order valence-corrected chi connectivity index (χ1v) is 31.6. The summed E-state index contributed by atoms with van der Waals surface area (Å²) in [6.07, 6.45) is 6.96. The van der Waals surface area contributed by atoms with Crippen molar-refractivity contribution in [2.24, 2.45) is 0 Å². The Morgan fingerprint density at radius 2 is 0.879 bits per heavy atom. The lowest BCUT2D eigenvalue weighted by Gasteiger charge is -2.42.